The van der Waals surface area contributed by atoms with E-state index in [0.29, 0.717) is 18.2 Å². The summed E-state index contributed by atoms with van der Waals surface area (Å²) in [6.07, 6.45) is 7.93. The van der Waals surface area contributed by atoms with Gasteiger partial charge in [-0.25, -0.2) is 17.8 Å². The maximum absolute atomic E-state index is 14.2. The first-order chi connectivity index (χ1) is 12.8. The van der Waals surface area contributed by atoms with Crippen molar-refractivity contribution < 1.29 is 12.8 Å². The van der Waals surface area contributed by atoms with Gasteiger partial charge >= 0.3 is 0 Å². The van der Waals surface area contributed by atoms with Gasteiger partial charge in [-0.1, -0.05) is 18.2 Å². The van der Waals surface area contributed by atoms with Gasteiger partial charge in [-0.05, 0) is 50.6 Å². The molecule has 0 amide bonds. The molecule has 0 radical (unpaired) electrons. The van der Waals surface area contributed by atoms with Crippen LogP contribution in [0.4, 0.5) is 4.39 Å². The third-order valence-electron chi connectivity index (χ3n) is 5.65. The molecule has 0 unspecified atom stereocenters. The van der Waals surface area contributed by atoms with Crippen molar-refractivity contribution in [2.75, 3.05) is 13.3 Å². The summed E-state index contributed by atoms with van der Waals surface area (Å²) in [5, 5.41) is 0.00328. The summed E-state index contributed by atoms with van der Waals surface area (Å²) in [5.74, 6) is 1.19. The monoisotopic (exact) mass is 391 g/mol. The van der Waals surface area contributed by atoms with Crippen molar-refractivity contribution in [3.63, 3.8) is 0 Å². The van der Waals surface area contributed by atoms with Crippen LogP contribution >= 0.6 is 0 Å². The number of aromatic nitrogens is 2. The van der Waals surface area contributed by atoms with Gasteiger partial charge in [0.1, 0.15) is 5.82 Å². The first-order valence-electron chi connectivity index (χ1n) is 9.52. The largest absolute Gasteiger partial charge is 0.313 e. The van der Waals surface area contributed by atoms with Crippen molar-refractivity contribution in [1.82, 2.24) is 14.5 Å². The lowest BCUT2D eigenvalue weighted by Gasteiger charge is -2.28. The Balaban J connectivity index is 1.64. The van der Waals surface area contributed by atoms with Crippen LogP contribution in [0.3, 0.4) is 0 Å². The van der Waals surface area contributed by atoms with E-state index in [2.05, 4.69) is 16.9 Å². The molecule has 0 spiro atoms. The second-order valence-electron chi connectivity index (χ2n) is 8.06. The second-order valence-corrected chi connectivity index (χ2v) is 9.97. The Morgan fingerprint density at radius 2 is 1.85 bits per heavy atom. The molecule has 1 aromatic carbocycles. The number of hydrogen-bond donors (Lipinski definition) is 0. The molecule has 1 aromatic heterocycles. The molecule has 2 aliphatic rings. The summed E-state index contributed by atoms with van der Waals surface area (Å²) in [4.78, 5) is 6.52. The van der Waals surface area contributed by atoms with E-state index in [1.807, 2.05) is 0 Å². The van der Waals surface area contributed by atoms with Crippen molar-refractivity contribution in [1.29, 1.82) is 0 Å². The minimum atomic E-state index is -3.50. The van der Waals surface area contributed by atoms with Crippen LogP contribution < -0.4 is 0 Å². The van der Waals surface area contributed by atoms with Crippen LogP contribution in [-0.4, -0.2) is 42.2 Å². The summed E-state index contributed by atoms with van der Waals surface area (Å²) in [7, 11) is -1.39. The molecule has 2 saturated carbocycles. The fourth-order valence-electron chi connectivity index (χ4n) is 4.12. The molecule has 2 fully saturated rings. The van der Waals surface area contributed by atoms with Crippen LogP contribution in [0.25, 0.3) is 0 Å². The van der Waals surface area contributed by atoms with Gasteiger partial charge < -0.3 is 4.57 Å². The van der Waals surface area contributed by atoms with Crippen LogP contribution in [0.15, 0.2) is 35.6 Å². The van der Waals surface area contributed by atoms with Gasteiger partial charge in [-0.15, -0.1) is 0 Å². The molecular formula is C20H26FN3O2S. The van der Waals surface area contributed by atoms with E-state index in [1.54, 1.807) is 29.0 Å². The normalized spacial score (nSPS) is 17.8. The number of benzene rings is 1. The molecule has 0 aliphatic heterocycles. The van der Waals surface area contributed by atoms with Gasteiger partial charge in [0.15, 0.2) is 0 Å². The molecule has 0 bridgehead atoms. The van der Waals surface area contributed by atoms with Crippen LogP contribution in [0.2, 0.25) is 0 Å². The molecule has 146 valence electrons. The Hall–Kier alpha value is -1.73. The third kappa shape index (κ3) is 4.09. The van der Waals surface area contributed by atoms with E-state index in [0.717, 1.165) is 23.8 Å². The summed E-state index contributed by atoms with van der Waals surface area (Å²) < 4.78 is 40.2. The van der Waals surface area contributed by atoms with Crippen molar-refractivity contribution in [2.24, 2.45) is 11.8 Å². The number of imidazole rings is 1. The zero-order chi connectivity index (χ0) is 19.2. The fourth-order valence-corrected chi connectivity index (χ4v) is 4.95. The standard InChI is InChI=1S/C20H26FN3O2S/c1-23(19(14-7-8-14)15-9-10-15)13-17-11-22-20(27(2,25)26)24(17)12-16-5-3-4-6-18(16)21/h3-6,11,14-15,19H,7-10,12-13H2,1-2H3. The van der Waals surface area contributed by atoms with Gasteiger partial charge in [-0.3, -0.25) is 4.90 Å². The SMILES string of the molecule is CN(Cc1cnc(S(C)(=O)=O)n1Cc1ccccc1F)C(C1CC1)C1CC1. The van der Waals surface area contributed by atoms with E-state index in [1.165, 1.54) is 31.7 Å². The van der Waals surface area contributed by atoms with Gasteiger partial charge in [0.05, 0.1) is 18.4 Å². The Morgan fingerprint density at radius 3 is 2.41 bits per heavy atom. The van der Waals surface area contributed by atoms with Crippen molar-refractivity contribution in [3.05, 3.63) is 47.5 Å². The molecule has 7 heteroatoms. The minimum Gasteiger partial charge on any atom is -0.313 e. The van der Waals surface area contributed by atoms with Gasteiger partial charge in [0.25, 0.3) is 0 Å². The first kappa shape index (κ1) is 18.6. The highest BCUT2D eigenvalue weighted by Gasteiger charge is 2.43. The predicted molar refractivity (Wildman–Crippen MR) is 102 cm³/mol. The number of halogens is 1. The lowest BCUT2D eigenvalue weighted by Crippen LogP contribution is -2.35. The van der Waals surface area contributed by atoms with E-state index < -0.39 is 9.84 Å². The van der Waals surface area contributed by atoms with E-state index >= 15 is 0 Å². The lowest BCUT2D eigenvalue weighted by atomic mass is 10.1. The average Bonchev–Trinajstić information content (AvgIpc) is 3.51. The zero-order valence-electron chi connectivity index (χ0n) is 15.8. The highest BCUT2D eigenvalue weighted by atomic mass is 32.2. The number of nitrogens with zero attached hydrogens (tertiary/aromatic N) is 3. The predicted octanol–water partition coefficient (Wildman–Crippen LogP) is 3.09. The van der Waals surface area contributed by atoms with Crippen molar-refractivity contribution in [3.8, 4) is 0 Å². The van der Waals surface area contributed by atoms with E-state index in [9.17, 15) is 12.8 Å². The molecule has 27 heavy (non-hydrogen) atoms. The third-order valence-corrected chi connectivity index (χ3v) is 6.64. The molecule has 2 aromatic rings. The lowest BCUT2D eigenvalue weighted by molar-refractivity contribution is 0.182. The molecule has 5 nitrogen and oxygen atoms in total. The van der Waals surface area contributed by atoms with E-state index in [-0.39, 0.29) is 17.5 Å². The quantitative estimate of drug-likeness (QED) is 0.694. The van der Waals surface area contributed by atoms with Crippen molar-refractivity contribution in [2.45, 2.75) is 50.0 Å². The zero-order valence-corrected chi connectivity index (χ0v) is 16.6. The first-order valence-corrected chi connectivity index (χ1v) is 11.4. The molecular weight excluding hydrogens is 365 g/mol. The fraction of sp³-hybridized carbons (Fsp3) is 0.550. The summed E-state index contributed by atoms with van der Waals surface area (Å²) >= 11 is 0. The summed E-state index contributed by atoms with van der Waals surface area (Å²) in [6.45, 7) is 0.782. The van der Waals surface area contributed by atoms with Crippen LogP contribution in [0.5, 0.6) is 0 Å². The smallest absolute Gasteiger partial charge is 0.227 e. The van der Waals surface area contributed by atoms with Gasteiger partial charge in [0, 0.05) is 24.4 Å². The van der Waals surface area contributed by atoms with Crippen molar-refractivity contribution >= 4 is 9.84 Å². The molecule has 1 heterocycles. The number of rotatable bonds is 8. The average molecular weight is 392 g/mol. The van der Waals surface area contributed by atoms with Gasteiger partial charge in [-0.2, -0.15) is 0 Å². The van der Waals surface area contributed by atoms with Crippen LogP contribution in [0.1, 0.15) is 36.9 Å². The Bertz CT molecular complexity index is 920. The molecule has 2 aliphatic carbocycles. The summed E-state index contributed by atoms with van der Waals surface area (Å²) in [6, 6.07) is 7.04. The Labute approximate surface area is 160 Å². The minimum absolute atomic E-state index is 0.00328. The number of hydrogen-bond acceptors (Lipinski definition) is 4. The number of sulfone groups is 1. The van der Waals surface area contributed by atoms with Crippen LogP contribution in [0, 0.1) is 17.7 Å². The highest BCUT2D eigenvalue weighted by Crippen LogP contribution is 2.47. The second kappa shape index (κ2) is 7.02. The molecule has 0 N–H and O–H groups in total. The van der Waals surface area contributed by atoms with Crippen LogP contribution in [-0.2, 0) is 22.9 Å². The van der Waals surface area contributed by atoms with Gasteiger partial charge in [0.2, 0.25) is 15.0 Å². The Morgan fingerprint density at radius 1 is 1.22 bits per heavy atom. The maximum atomic E-state index is 14.2. The molecule has 0 saturated heterocycles. The summed E-state index contributed by atoms with van der Waals surface area (Å²) in [5.41, 5.74) is 1.28. The molecule has 4 rings (SSSR count). The topological polar surface area (TPSA) is 55.2 Å². The molecule has 0 atom stereocenters. The maximum Gasteiger partial charge on any atom is 0.227 e. The highest BCUT2D eigenvalue weighted by molar-refractivity contribution is 7.90. The van der Waals surface area contributed by atoms with E-state index in [4.69, 9.17) is 0 Å². The Kier molecular flexibility index (Phi) is 4.84.